The predicted molar refractivity (Wildman–Crippen MR) is 103 cm³/mol. The van der Waals surface area contributed by atoms with Gasteiger partial charge in [0.25, 0.3) is 11.5 Å². The highest BCUT2D eigenvalue weighted by Gasteiger charge is 2.20. The molecular weight excluding hydrogens is 358 g/mol. The van der Waals surface area contributed by atoms with Crippen LogP contribution in [0.4, 0.5) is 0 Å². The van der Waals surface area contributed by atoms with Crippen molar-refractivity contribution in [1.29, 1.82) is 0 Å². The van der Waals surface area contributed by atoms with Gasteiger partial charge in [0.15, 0.2) is 0 Å². The zero-order chi connectivity index (χ0) is 19.5. The number of amides is 1. The van der Waals surface area contributed by atoms with E-state index in [0.29, 0.717) is 30.9 Å². The number of fused-ring (bicyclic) bond motifs is 1. The van der Waals surface area contributed by atoms with Crippen LogP contribution in [0, 0.1) is 6.92 Å². The van der Waals surface area contributed by atoms with Crippen LogP contribution in [0.15, 0.2) is 41.7 Å². The van der Waals surface area contributed by atoms with Crippen molar-refractivity contribution in [3.8, 4) is 0 Å². The second kappa shape index (κ2) is 7.93. The van der Waals surface area contributed by atoms with Crippen molar-refractivity contribution in [2.75, 3.05) is 13.2 Å². The highest BCUT2D eigenvalue weighted by Crippen LogP contribution is 2.13. The van der Waals surface area contributed by atoms with Gasteiger partial charge in [0, 0.05) is 44.4 Å². The lowest BCUT2D eigenvalue weighted by Gasteiger charge is -2.14. The van der Waals surface area contributed by atoms with Crippen molar-refractivity contribution in [3.63, 3.8) is 0 Å². The molecule has 1 unspecified atom stereocenters. The Morgan fingerprint density at radius 2 is 2.29 bits per heavy atom. The Hall–Kier alpha value is -3.00. The van der Waals surface area contributed by atoms with Crippen LogP contribution in [-0.2, 0) is 17.7 Å². The summed E-state index contributed by atoms with van der Waals surface area (Å²) in [4.78, 5) is 34.0. The fraction of sp³-hybridized carbons (Fsp3) is 0.400. The Labute approximate surface area is 162 Å². The van der Waals surface area contributed by atoms with Crippen LogP contribution in [0.1, 0.15) is 34.5 Å². The molecule has 4 heterocycles. The first-order valence-electron chi connectivity index (χ1n) is 9.50. The molecule has 0 saturated carbocycles. The number of ether oxygens (including phenoxy) is 1. The SMILES string of the molecule is Cc1ccn(CC2CCCO2)c(=O)c1C(=O)NCCc1cn2cccnc2n1. The molecule has 8 heteroatoms. The monoisotopic (exact) mass is 381 g/mol. The lowest BCUT2D eigenvalue weighted by Crippen LogP contribution is -2.36. The minimum atomic E-state index is -0.355. The molecule has 0 radical (unpaired) electrons. The van der Waals surface area contributed by atoms with Gasteiger partial charge < -0.3 is 14.6 Å². The van der Waals surface area contributed by atoms with Crippen LogP contribution in [0.3, 0.4) is 0 Å². The van der Waals surface area contributed by atoms with Crippen LogP contribution in [0.25, 0.3) is 5.78 Å². The average molecular weight is 381 g/mol. The zero-order valence-corrected chi connectivity index (χ0v) is 15.8. The molecule has 0 bridgehead atoms. The molecule has 1 aliphatic heterocycles. The van der Waals surface area contributed by atoms with Crippen LogP contribution in [0.2, 0.25) is 0 Å². The largest absolute Gasteiger partial charge is 0.376 e. The molecule has 1 atom stereocenters. The van der Waals surface area contributed by atoms with Gasteiger partial charge in [-0.05, 0) is 37.5 Å². The van der Waals surface area contributed by atoms with Gasteiger partial charge in [-0.3, -0.25) is 14.0 Å². The number of rotatable bonds is 6. The number of hydrogen-bond acceptors (Lipinski definition) is 5. The highest BCUT2D eigenvalue weighted by atomic mass is 16.5. The maximum Gasteiger partial charge on any atom is 0.263 e. The van der Waals surface area contributed by atoms with Crippen molar-refractivity contribution in [1.82, 2.24) is 24.3 Å². The number of carbonyl (C=O) groups is 1. The van der Waals surface area contributed by atoms with Crippen molar-refractivity contribution >= 4 is 11.7 Å². The molecule has 28 heavy (non-hydrogen) atoms. The van der Waals surface area contributed by atoms with Crippen LogP contribution in [0.5, 0.6) is 0 Å². The fourth-order valence-electron chi connectivity index (χ4n) is 3.49. The van der Waals surface area contributed by atoms with E-state index in [1.807, 2.05) is 22.9 Å². The number of imidazole rings is 1. The minimum Gasteiger partial charge on any atom is -0.376 e. The molecular formula is C20H23N5O3. The van der Waals surface area contributed by atoms with Crippen molar-refractivity contribution in [2.45, 2.75) is 38.8 Å². The quantitative estimate of drug-likeness (QED) is 0.696. The number of pyridine rings is 1. The van der Waals surface area contributed by atoms with Crippen LogP contribution >= 0.6 is 0 Å². The molecule has 0 spiro atoms. The number of nitrogens with one attached hydrogen (secondary N) is 1. The number of hydrogen-bond donors (Lipinski definition) is 1. The smallest absolute Gasteiger partial charge is 0.263 e. The Balaban J connectivity index is 1.42. The van der Waals surface area contributed by atoms with E-state index in [9.17, 15) is 9.59 Å². The first-order valence-corrected chi connectivity index (χ1v) is 9.50. The molecule has 1 amide bonds. The summed E-state index contributed by atoms with van der Waals surface area (Å²) in [7, 11) is 0. The van der Waals surface area contributed by atoms with E-state index in [4.69, 9.17) is 4.74 Å². The predicted octanol–water partition coefficient (Wildman–Crippen LogP) is 1.35. The van der Waals surface area contributed by atoms with Gasteiger partial charge in [0.1, 0.15) is 5.56 Å². The molecule has 8 nitrogen and oxygen atoms in total. The summed E-state index contributed by atoms with van der Waals surface area (Å²) in [6.45, 7) is 3.38. The van der Waals surface area contributed by atoms with Gasteiger partial charge in [-0.15, -0.1) is 0 Å². The maximum absolute atomic E-state index is 12.8. The van der Waals surface area contributed by atoms with E-state index in [0.717, 1.165) is 25.1 Å². The molecule has 0 aliphatic carbocycles. The standard InChI is InChI=1S/C20H23N5O3/c1-14-6-10-24(13-16-4-2-11-28-16)19(27)17(14)18(26)21-8-5-15-12-25-9-3-7-22-20(25)23-15/h3,6-7,9-10,12,16H,2,4-5,8,11,13H2,1H3,(H,21,26). The topological polar surface area (TPSA) is 90.5 Å². The van der Waals surface area contributed by atoms with Gasteiger partial charge in [-0.25, -0.2) is 9.97 Å². The van der Waals surface area contributed by atoms with E-state index in [1.165, 1.54) is 0 Å². The molecule has 1 N–H and O–H groups in total. The summed E-state index contributed by atoms with van der Waals surface area (Å²) in [5, 5.41) is 2.84. The van der Waals surface area contributed by atoms with Gasteiger partial charge in [-0.1, -0.05) is 0 Å². The fourth-order valence-corrected chi connectivity index (χ4v) is 3.49. The third-order valence-corrected chi connectivity index (χ3v) is 4.98. The number of aryl methyl sites for hydroxylation is 1. The van der Waals surface area contributed by atoms with Crippen molar-refractivity contribution in [2.24, 2.45) is 0 Å². The van der Waals surface area contributed by atoms with Crippen molar-refractivity contribution < 1.29 is 9.53 Å². The van der Waals surface area contributed by atoms with Crippen molar-refractivity contribution in [3.05, 3.63) is 64.1 Å². The van der Waals surface area contributed by atoms with Crippen LogP contribution < -0.4 is 10.9 Å². The summed E-state index contributed by atoms with van der Waals surface area (Å²) >= 11 is 0. The highest BCUT2D eigenvalue weighted by molar-refractivity contribution is 5.95. The third-order valence-electron chi connectivity index (χ3n) is 4.98. The molecule has 146 valence electrons. The van der Waals surface area contributed by atoms with E-state index < -0.39 is 0 Å². The zero-order valence-electron chi connectivity index (χ0n) is 15.8. The molecule has 1 saturated heterocycles. The van der Waals surface area contributed by atoms with Gasteiger partial charge >= 0.3 is 0 Å². The van der Waals surface area contributed by atoms with E-state index in [-0.39, 0.29) is 23.1 Å². The lowest BCUT2D eigenvalue weighted by molar-refractivity contribution is 0.0930. The molecule has 0 aromatic carbocycles. The van der Waals surface area contributed by atoms with E-state index in [2.05, 4.69) is 15.3 Å². The Kier molecular flexibility index (Phi) is 5.21. The second-order valence-electron chi connectivity index (χ2n) is 7.03. The Bertz CT molecular complexity index is 1020. The summed E-state index contributed by atoms with van der Waals surface area (Å²) in [6, 6.07) is 3.64. The summed E-state index contributed by atoms with van der Waals surface area (Å²) in [5.41, 5.74) is 1.42. The molecule has 1 aliphatic rings. The third kappa shape index (κ3) is 3.82. The summed E-state index contributed by atoms with van der Waals surface area (Å²) < 4.78 is 9.02. The van der Waals surface area contributed by atoms with Crippen LogP contribution in [-0.4, -0.2) is 44.1 Å². The first kappa shape index (κ1) is 18.4. The minimum absolute atomic E-state index is 0.0416. The molecule has 3 aromatic heterocycles. The number of carbonyl (C=O) groups excluding carboxylic acids is 1. The number of nitrogens with zero attached hydrogens (tertiary/aromatic N) is 4. The summed E-state index contributed by atoms with van der Waals surface area (Å²) in [5.74, 6) is 0.269. The Morgan fingerprint density at radius 1 is 1.39 bits per heavy atom. The second-order valence-corrected chi connectivity index (χ2v) is 7.03. The molecule has 4 rings (SSSR count). The first-order chi connectivity index (χ1) is 13.6. The van der Waals surface area contributed by atoms with Gasteiger partial charge in [0.2, 0.25) is 5.78 Å². The lowest BCUT2D eigenvalue weighted by atomic mass is 10.1. The maximum atomic E-state index is 12.8. The van der Waals surface area contributed by atoms with E-state index >= 15 is 0 Å². The average Bonchev–Trinajstić information content (AvgIpc) is 3.33. The van der Waals surface area contributed by atoms with Gasteiger partial charge in [0.05, 0.1) is 18.3 Å². The number of aromatic nitrogens is 4. The summed E-state index contributed by atoms with van der Waals surface area (Å²) in [6.07, 6.45) is 9.74. The van der Waals surface area contributed by atoms with Gasteiger partial charge in [-0.2, -0.15) is 0 Å². The Morgan fingerprint density at radius 3 is 3.07 bits per heavy atom. The molecule has 1 fully saturated rings. The molecule has 3 aromatic rings. The normalized spacial score (nSPS) is 16.5. The van der Waals surface area contributed by atoms with E-state index in [1.54, 1.807) is 30.0 Å².